The van der Waals surface area contributed by atoms with Crippen LogP contribution in [0.4, 0.5) is 0 Å². The van der Waals surface area contributed by atoms with Gasteiger partial charge in [-0.25, -0.2) is 0 Å². The van der Waals surface area contributed by atoms with Crippen molar-refractivity contribution in [1.29, 1.82) is 0 Å². The maximum atomic E-state index is 11.6. The Hall–Kier alpha value is -0.570. The molecule has 0 aromatic rings. The van der Waals surface area contributed by atoms with Crippen LogP contribution in [0.15, 0.2) is 0 Å². The van der Waals surface area contributed by atoms with E-state index in [0.29, 0.717) is 29.6 Å². The third-order valence-electron chi connectivity index (χ3n) is 10.5. The van der Waals surface area contributed by atoms with Gasteiger partial charge in [0.2, 0.25) is 0 Å². The molecule has 4 fully saturated rings. The fourth-order valence-electron chi connectivity index (χ4n) is 8.87. The number of hydrogen-bond donors (Lipinski definition) is 1. The number of fused-ring (bicyclic) bond motifs is 5. The number of methoxy groups -OCH3 is 1. The van der Waals surface area contributed by atoms with Crippen molar-refractivity contribution >= 4 is 5.97 Å². The normalized spacial score (nSPS) is 48.9. The minimum atomic E-state index is -0.177. The maximum Gasteiger partial charge on any atom is 0.305 e. The van der Waals surface area contributed by atoms with Gasteiger partial charge < -0.3 is 9.84 Å². The molecule has 0 spiro atoms. The summed E-state index contributed by atoms with van der Waals surface area (Å²) in [5.41, 5.74) is 0.507. The Balaban J connectivity index is 1.54. The van der Waals surface area contributed by atoms with Gasteiger partial charge >= 0.3 is 5.97 Å². The maximum absolute atomic E-state index is 11.6. The SMILES string of the molecule is COC(=O)CC[C@H](C)[C@@H]1CC[C@@H]2[C@@H]3CC[C@@H]4CCCC[C@]4(C)[C@@H]3C[C@@H](O)[C@]21C. The predicted molar refractivity (Wildman–Crippen MR) is 112 cm³/mol. The molecule has 0 aliphatic heterocycles. The molecule has 0 unspecified atom stereocenters. The van der Waals surface area contributed by atoms with Crippen LogP contribution in [0.3, 0.4) is 0 Å². The quantitative estimate of drug-likeness (QED) is 0.636. The lowest BCUT2D eigenvalue weighted by Crippen LogP contribution is -2.58. The van der Waals surface area contributed by atoms with Crippen molar-refractivity contribution in [1.82, 2.24) is 0 Å². The van der Waals surface area contributed by atoms with Gasteiger partial charge in [-0.05, 0) is 97.7 Å². The van der Waals surface area contributed by atoms with Gasteiger partial charge in [0.1, 0.15) is 0 Å². The lowest BCUT2D eigenvalue weighted by molar-refractivity contribution is -0.168. The number of esters is 1. The molecule has 0 bridgehead atoms. The van der Waals surface area contributed by atoms with Gasteiger partial charge in [0.15, 0.2) is 0 Å². The van der Waals surface area contributed by atoms with Crippen LogP contribution in [0.1, 0.15) is 91.4 Å². The number of carbonyl (C=O) groups excluding carboxylic acids is 1. The second kappa shape index (κ2) is 7.60. The zero-order chi connectivity index (χ0) is 20.1. The highest BCUT2D eigenvalue weighted by Gasteiger charge is 2.63. The fraction of sp³-hybridized carbons (Fsp3) is 0.960. The van der Waals surface area contributed by atoms with Gasteiger partial charge in [-0.3, -0.25) is 4.79 Å². The summed E-state index contributed by atoms with van der Waals surface area (Å²) in [5.74, 6) is 4.02. The Morgan fingerprint density at radius 2 is 1.89 bits per heavy atom. The third kappa shape index (κ3) is 3.06. The Kier molecular flexibility index (Phi) is 5.61. The van der Waals surface area contributed by atoms with Crippen molar-refractivity contribution in [3.05, 3.63) is 0 Å². The van der Waals surface area contributed by atoms with Crippen LogP contribution in [-0.2, 0) is 9.53 Å². The molecule has 4 rings (SSSR count). The van der Waals surface area contributed by atoms with Crippen LogP contribution >= 0.6 is 0 Å². The molecular formula is C25H42O3. The Bertz CT molecular complexity index is 588. The van der Waals surface area contributed by atoms with E-state index < -0.39 is 0 Å². The first kappa shape index (κ1) is 20.7. The molecule has 1 N–H and O–H groups in total. The average molecular weight is 391 g/mol. The van der Waals surface area contributed by atoms with Crippen molar-refractivity contribution in [3.63, 3.8) is 0 Å². The standard InChI is InChI=1S/C25H42O3/c1-16(8-13-23(27)28-4)19-11-12-20-18-10-9-17-7-5-6-14-24(17,2)21(18)15-22(26)25(19,20)3/h16-22,26H,5-15H2,1-4H3/t16-,17-,18-,19-,20+,21+,22+,24-,25-/m0/s1. The summed E-state index contributed by atoms with van der Waals surface area (Å²) < 4.78 is 4.86. The fourth-order valence-corrected chi connectivity index (χ4v) is 8.87. The zero-order valence-electron chi connectivity index (χ0n) is 18.6. The molecule has 0 amide bonds. The first-order valence-electron chi connectivity index (χ1n) is 12.1. The van der Waals surface area contributed by atoms with E-state index in [1.165, 1.54) is 58.5 Å². The molecule has 28 heavy (non-hydrogen) atoms. The molecule has 0 heterocycles. The Morgan fingerprint density at radius 1 is 1.11 bits per heavy atom. The lowest BCUT2D eigenvalue weighted by Gasteiger charge is -2.62. The van der Waals surface area contributed by atoms with Crippen LogP contribution in [0.2, 0.25) is 0 Å². The number of hydrogen-bond acceptors (Lipinski definition) is 3. The summed E-state index contributed by atoms with van der Waals surface area (Å²) in [4.78, 5) is 11.6. The predicted octanol–water partition coefficient (Wildman–Crippen LogP) is 5.60. The number of rotatable bonds is 4. The van der Waals surface area contributed by atoms with Crippen molar-refractivity contribution < 1.29 is 14.6 Å². The second-order valence-corrected chi connectivity index (χ2v) is 11.3. The summed E-state index contributed by atoms with van der Waals surface area (Å²) in [6, 6.07) is 0. The Labute approximate surface area is 172 Å². The third-order valence-corrected chi connectivity index (χ3v) is 10.5. The van der Waals surface area contributed by atoms with Crippen molar-refractivity contribution in [3.8, 4) is 0 Å². The summed E-state index contributed by atoms with van der Waals surface area (Å²) in [7, 11) is 1.48. The van der Waals surface area contributed by atoms with Crippen LogP contribution in [0.5, 0.6) is 0 Å². The van der Waals surface area contributed by atoms with Gasteiger partial charge in [-0.2, -0.15) is 0 Å². The van der Waals surface area contributed by atoms with Crippen LogP contribution in [0, 0.1) is 46.3 Å². The van der Waals surface area contributed by atoms with Gasteiger partial charge in [0.05, 0.1) is 13.2 Å². The summed E-state index contributed by atoms with van der Waals surface area (Å²) in [5, 5.41) is 11.5. The topological polar surface area (TPSA) is 46.5 Å². The number of aliphatic hydroxyl groups is 1. The highest BCUT2D eigenvalue weighted by atomic mass is 16.5. The largest absolute Gasteiger partial charge is 0.469 e. The number of aliphatic hydroxyl groups excluding tert-OH is 1. The molecule has 0 saturated heterocycles. The number of ether oxygens (including phenoxy) is 1. The van der Waals surface area contributed by atoms with Gasteiger partial charge in [0.25, 0.3) is 0 Å². The lowest BCUT2D eigenvalue weighted by atomic mass is 9.44. The van der Waals surface area contributed by atoms with Gasteiger partial charge in [0, 0.05) is 6.42 Å². The molecule has 9 atom stereocenters. The summed E-state index contributed by atoms with van der Waals surface area (Å²) in [6.45, 7) is 7.29. The van der Waals surface area contributed by atoms with E-state index in [1.807, 2.05) is 0 Å². The molecule has 3 heteroatoms. The van der Waals surface area contributed by atoms with E-state index >= 15 is 0 Å². The molecule has 4 aliphatic carbocycles. The summed E-state index contributed by atoms with van der Waals surface area (Å²) in [6.07, 6.45) is 13.2. The first-order valence-corrected chi connectivity index (χ1v) is 12.1. The second-order valence-electron chi connectivity index (χ2n) is 11.3. The zero-order valence-corrected chi connectivity index (χ0v) is 18.6. The first-order chi connectivity index (χ1) is 13.3. The smallest absolute Gasteiger partial charge is 0.305 e. The van der Waals surface area contributed by atoms with E-state index in [4.69, 9.17) is 4.74 Å². The van der Waals surface area contributed by atoms with Crippen molar-refractivity contribution in [2.24, 2.45) is 46.3 Å². The Morgan fingerprint density at radius 3 is 2.64 bits per heavy atom. The molecule has 3 nitrogen and oxygen atoms in total. The van der Waals surface area contributed by atoms with E-state index in [9.17, 15) is 9.90 Å². The monoisotopic (exact) mass is 390 g/mol. The number of carbonyl (C=O) groups is 1. The van der Waals surface area contributed by atoms with E-state index in [-0.39, 0.29) is 17.5 Å². The summed E-state index contributed by atoms with van der Waals surface area (Å²) >= 11 is 0. The molecule has 0 aromatic heterocycles. The van der Waals surface area contributed by atoms with Crippen LogP contribution in [-0.4, -0.2) is 24.3 Å². The molecule has 0 radical (unpaired) electrons. The van der Waals surface area contributed by atoms with Crippen molar-refractivity contribution in [2.75, 3.05) is 7.11 Å². The average Bonchev–Trinajstić information content (AvgIpc) is 3.05. The van der Waals surface area contributed by atoms with Crippen molar-refractivity contribution in [2.45, 2.75) is 97.5 Å². The minimum Gasteiger partial charge on any atom is -0.469 e. The van der Waals surface area contributed by atoms with Crippen LogP contribution < -0.4 is 0 Å². The van der Waals surface area contributed by atoms with Gasteiger partial charge in [-0.1, -0.05) is 33.6 Å². The highest BCUT2D eigenvalue weighted by molar-refractivity contribution is 5.69. The molecule has 4 aliphatic rings. The van der Waals surface area contributed by atoms with E-state index in [0.717, 1.165) is 30.6 Å². The minimum absolute atomic E-state index is 0.0363. The molecule has 160 valence electrons. The highest BCUT2D eigenvalue weighted by Crippen LogP contribution is 2.68. The van der Waals surface area contributed by atoms with E-state index in [1.54, 1.807) is 0 Å². The molecular weight excluding hydrogens is 348 g/mol. The van der Waals surface area contributed by atoms with E-state index in [2.05, 4.69) is 20.8 Å². The molecule has 4 saturated carbocycles. The van der Waals surface area contributed by atoms with Gasteiger partial charge in [-0.15, -0.1) is 0 Å². The molecule has 0 aromatic carbocycles. The van der Waals surface area contributed by atoms with Crippen LogP contribution in [0.25, 0.3) is 0 Å².